The number of hydrogen-bond donors (Lipinski definition) is 1. The molecule has 3 aliphatic rings. The van der Waals surface area contributed by atoms with E-state index in [9.17, 15) is 4.79 Å². The molecule has 4 nitrogen and oxygen atoms in total. The molecular formula is C14H25N3O. The minimum atomic E-state index is 0.253. The monoisotopic (exact) mass is 251 g/mol. The van der Waals surface area contributed by atoms with Gasteiger partial charge in [-0.25, -0.2) is 0 Å². The molecule has 0 aromatic rings. The third-order valence-electron chi connectivity index (χ3n) is 4.88. The summed E-state index contributed by atoms with van der Waals surface area (Å²) in [5, 5.41) is 3.29. The normalized spacial score (nSPS) is 31.1. The van der Waals surface area contributed by atoms with Gasteiger partial charge >= 0.3 is 0 Å². The smallest absolute Gasteiger partial charge is 0.227 e. The quantitative estimate of drug-likeness (QED) is 0.784. The van der Waals surface area contributed by atoms with Crippen LogP contribution in [0.1, 0.15) is 32.1 Å². The van der Waals surface area contributed by atoms with Crippen LogP contribution in [0.15, 0.2) is 0 Å². The molecule has 3 fully saturated rings. The van der Waals surface area contributed by atoms with Crippen LogP contribution in [-0.2, 0) is 4.79 Å². The zero-order valence-electron chi connectivity index (χ0n) is 11.2. The number of hydrogen-bond acceptors (Lipinski definition) is 3. The van der Waals surface area contributed by atoms with E-state index in [-0.39, 0.29) is 5.92 Å². The van der Waals surface area contributed by atoms with Crippen molar-refractivity contribution in [1.82, 2.24) is 15.1 Å². The largest absolute Gasteiger partial charge is 0.340 e. The van der Waals surface area contributed by atoms with Crippen LogP contribution in [0.25, 0.3) is 0 Å². The van der Waals surface area contributed by atoms with E-state index >= 15 is 0 Å². The maximum absolute atomic E-state index is 12.3. The first-order valence-corrected chi connectivity index (χ1v) is 7.58. The molecule has 1 aliphatic carbocycles. The Labute approximate surface area is 110 Å². The first-order valence-electron chi connectivity index (χ1n) is 7.58. The summed E-state index contributed by atoms with van der Waals surface area (Å²) in [6.07, 6.45) is 6.58. The Morgan fingerprint density at radius 3 is 2.33 bits per heavy atom. The van der Waals surface area contributed by atoms with Crippen molar-refractivity contribution in [2.45, 2.75) is 38.1 Å². The van der Waals surface area contributed by atoms with Gasteiger partial charge in [0.2, 0.25) is 5.91 Å². The van der Waals surface area contributed by atoms with Crippen LogP contribution in [0.5, 0.6) is 0 Å². The number of amides is 1. The molecule has 0 aromatic carbocycles. The molecule has 102 valence electrons. The summed E-state index contributed by atoms with van der Waals surface area (Å²) >= 11 is 0. The van der Waals surface area contributed by atoms with Crippen molar-refractivity contribution in [3.8, 4) is 0 Å². The minimum absolute atomic E-state index is 0.253. The predicted octanol–water partition coefficient (Wildman–Crippen LogP) is 0.683. The molecule has 0 aromatic heterocycles. The first-order chi connectivity index (χ1) is 8.84. The molecule has 3 rings (SSSR count). The second-order valence-corrected chi connectivity index (χ2v) is 5.99. The van der Waals surface area contributed by atoms with Crippen molar-refractivity contribution in [2.24, 2.45) is 5.92 Å². The summed E-state index contributed by atoms with van der Waals surface area (Å²) < 4.78 is 0. The van der Waals surface area contributed by atoms with Crippen molar-refractivity contribution < 1.29 is 4.79 Å². The third-order valence-corrected chi connectivity index (χ3v) is 4.88. The molecule has 0 bridgehead atoms. The van der Waals surface area contributed by atoms with Crippen molar-refractivity contribution >= 4 is 5.91 Å². The summed E-state index contributed by atoms with van der Waals surface area (Å²) in [6.45, 7) is 5.99. The SMILES string of the molecule is O=C(C1CCNC1)N1CCN(C2CCCC2)CC1. The summed E-state index contributed by atoms with van der Waals surface area (Å²) in [4.78, 5) is 17.0. The van der Waals surface area contributed by atoms with Gasteiger partial charge in [-0.3, -0.25) is 9.69 Å². The molecule has 2 aliphatic heterocycles. The van der Waals surface area contributed by atoms with E-state index in [0.717, 1.165) is 51.7 Å². The molecule has 1 atom stereocenters. The zero-order chi connectivity index (χ0) is 12.4. The number of carbonyl (C=O) groups is 1. The lowest BCUT2D eigenvalue weighted by Crippen LogP contribution is -2.52. The third kappa shape index (κ3) is 2.54. The van der Waals surface area contributed by atoms with Gasteiger partial charge < -0.3 is 10.2 Å². The summed E-state index contributed by atoms with van der Waals surface area (Å²) in [5.74, 6) is 0.647. The molecule has 18 heavy (non-hydrogen) atoms. The minimum Gasteiger partial charge on any atom is -0.340 e. The topological polar surface area (TPSA) is 35.6 Å². The maximum atomic E-state index is 12.3. The van der Waals surface area contributed by atoms with Crippen molar-refractivity contribution in [3.05, 3.63) is 0 Å². The van der Waals surface area contributed by atoms with E-state index in [1.807, 2.05) is 0 Å². The molecule has 4 heteroatoms. The van der Waals surface area contributed by atoms with Gasteiger partial charge in [0, 0.05) is 38.8 Å². The number of nitrogens with zero attached hydrogens (tertiary/aromatic N) is 2. The van der Waals surface area contributed by atoms with Gasteiger partial charge in [0.25, 0.3) is 0 Å². The number of carbonyl (C=O) groups excluding carboxylic acids is 1. The van der Waals surface area contributed by atoms with Crippen molar-refractivity contribution in [3.63, 3.8) is 0 Å². The molecule has 0 radical (unpaired) electrons. The Balaban J connectivity index is 1.48. The highest BCUT2D eigenvalue weighted by Crippen LogP contribution is 2.24. The fraction of sp³-hybridized carbons (Fsp3) is 0.929. The Hall–Kier alpha value is -0.610. The number of piperazine rings is 1. The van der Waals surface area contributed by atoms with Gasteiger partial charge in [-0.2, -0.15) is 0 Å². The lowest BCUT2D eigenvalue weighted by Gasteiger charge is -2.38. The highest BCUT2D eigenvalue weighted by atomic mass is 16.2. The molecule has 1 unspecified atom stereocenters. The van der Waals surface area contributed by atoms with Crippen molar-refractivity contribution in [1.29, 1.82) is 0 Å². The summed E-state index contributed by atoms with van der Waals surface area (Å²) in [6, 6.07) is 0.815. The summed E-state index contributed by atoms with van der Waals surface area (Å²) in [5.41, 5.74) is 0. The fourth-order valence-electron chi connectivity index (χ4n) is 3.70. The second-order valence-electron chi connectivity index (χ2n) is 5.99. The average molecular weight is 251 g/mol. The van der Waals surface area contributed by atoms with Crippen LogP contribution in [0.2, 0.25) is 0 Å². The van der Waals surface area contributed by atoms with Crippen LogP contribution in [-0.4, -0.2) is 61.0 Å². The molecule has 2 heterocycles. The Morgan fingerprint density at radius 2 is 1.72 bits per heavy atom. The van der Waals surface area contributed by atoms with Crippen LogP contribution >= 0.6 is 0 Å². The van der Waals surface area contributed by atoms with Gasteiger partial charge in [0.1, 0.15) is 0 Å². The van der Waals surface area contributed by atoms with Crippen LogP contribution in [0.4, 0.5) is 0 Å². The molecule has 1 saturated carbocycles. The predicted molar refractivity (Wildman–Crippen MR) is 71.4 cm³/mol. The summed E-state index contributed by atoms with van der Waals surface area (Å²) in [7, 11) is 0. The molecule has 2 saturated heterocycles. The highest BCUT2D eigenvalue weighted by molar-refractivity contribution is 5.79. The second kappa shape index (κ2) is 5.57. The first kappa shape index (κ1) is 12.4. The van der Waals surface area contributed by atoms with Gasteiger partial charge in [-0.05, 0) is 25.8 Å². The van der Waals surface area contributed by atoms with E-state index in [1.54, 1.807) is 0 Å². The maximum Gasteiger partial charge on any atom is 0.227 e. The number of nitrogens with one attached hydrogen (secondary N) is 1. The van der Waals surface area contributed by atoms with E-state index in [0.29, 0.717) is 5.91 Å². The van der Waals surface area contributed by atoms with Crippen LogP contribution in [0.3, 0.4) is 0 Å². The van der Waals surface area contributed by atoms with Gasteiger partial charge in [-0.15, -0.1) is 0 Å². The average Bonchev–Trinajstić information content (AvgIpc) is 3.11. The zero-order valence-corrected chi connectivity index (χ0v) is 11.2. The standard InChI is InChI=1S/C14H25N3O/c18-14(12-5-6-15-11-12)17-9-7-16(8-10-17)13-3-1-2-4-13/h12-13,15H,1-11H2. The molecule has 1 amide bonds. The van der Waals surface area contributed by atoms with E-state index in [4.69, 9.17) is 0 Å². The molecule has 0 spiro atoms. The Morgan fingerprint density at radius 1 is 1.00 bits per heavy atom. The lowest BCUT2D eigenvalue weighted by atomic mass is 10.1. The lowest BCUT2D eigenvalue weighted by molar-refractivity contribution is -0.137. The van der Waals surface area contributed by atoms with Crippen molar-refractivity contribution in [2.75, 3.05) is 39.3 Å². The molecule has 1 N–H and O–H groups in total. The Bertz CT molecular complexity index is 287. The van der Waals surface area contributed by atoms with Crippen LogP contribution < -0.4 is 5.32 Å². The van der Waals surface area contributed by atoms with Gasteiger partial charge in [0.15, 0.2) is 0 Å². The number of rotatable bonds is 2. The van der Waals surface area contributed by atoms with E-state index < -0.39 is 0 Å². The van der Waals surface area contributed by atoms with E-state index in [1.165, 1.54) is 25.7 Å². The van der Waals surface area contributed by atoms with Gasteiger partial charge in [-0.1, -0.05) is 12.8 Å². The Kier molecular flexibility index (Phi) is 3.85. The fourth-order valence-corrected chi connectivity index (χ4v) is 3.70. The van der Waals surface area contributed by atoms with Crippen LogP contribution in [0, 0.1) is 5.92 Å². The van der Waals surface area contributed by atoms with E-state index in [2.05, 4.69) is 15.1 Å². The van der Waals surface area contributed by atoms with Gasteiger partial charge in [0.05, 0.1) is 5.92 Å². The molecular weight excluding hydrogens is 226 g/mol. The highest BCUT2D eigenvalue weighted by Gasteiger charge is 2.31.